The second-order valence-corrected chi connectivity index (χ2v) is 4.58. The third kappa shape index (κ3) is 3.48. The third-order valence-corrected chi connectivity index (χ3v) is 3.05. The van der Waals surface area contributed by atoms with E-state index in [0.29, 0.717) is 17.3 Å². The van der Waals surface area contributed by atoms with E-state index in [-0.39, 0.29) is 11.9 Å². The Balaban J connectivity index is 2.23. The lowest BCUT2D eigenvalue weighted by Gasteiger charge is -2.18. The van der Waals surface area contributed by atoms with Gasteiger partial charge in [0.05, 0.1) is 7.05 Å². The van der Waals surface area contributed by atoms with E-state index in [1.807, 2.05) is 6.92 Å². The lowest BCUT2D eigenvalue weighted by atomic mass is 10.0. The summed E-state index contributed by atoms with van der Waals surface area (Å²) in [7, 11) is 1.71. The van der Waals surface area contributed by atoms with Gasteiger partial charge in [-0.25, -0.2) is 4.39 Å². The van der Waals surface area contributed by atoms with Gasteiger partial charge in [0.15, 0.2) is 5.82 Å². The van der Waals surface area contributed by atoms with Crippen molar-refractivity contribution in [1.82, 2.24) is 25.5 Å². The summed E-state index contributed by atoms with van der Waals surface area (Å²) < 4.78 is 13.1. The first kappa shape index (κ1) is 13.9. The fourth-order valence-corrected chi connectivity index (χ4v) is 2.21. The van der Waals surface area contributed by atoms with E-state index in [9.17, 15) is 4.39 Å². The predicted molar refractivity (Wildman–Crippen MR) is 70.3 cm³/mol. The highest BCUT2D eigenvalue weighted by molar-refractivity contribution is 6.31. The van der Waals surface area contributed by atoms with E-state index >= 15 is 0 Å². The Labute approximate surface area is 115 Å². The highest BCUT2D eigenvalue weighted by Gasteiger charge is 2.17. The van der Waals surface area contributed by atoms with Gasteiger partial charge in [0.1, 0.15) is 5.82 Å². The molecule has 0 spiro atoms. The molecule has 5 nitrogen and oxygen atoms in total. The largest absolute Gasteiger partial charge is 0.310 e. The van der Waals surface area contributed by atoms with Crippen LogP contribution in [0.3, 0.4) is 0 Å². The van der Waals surface area contributed by atoms with Crippen LogP contribution in [0.5, 0.6) is 0 Å². The number of likely N-dealkylation sites (N-methyl/N-ethyl adjacent to an activating group) is 1. The van der Waals surface area contributed by atoms with Gasteiger partial charge in [-0.1, -0.05) is 24.6 Å². The van der Waals surface area contributed by atoms with Crippen molar-refractivity contribution >= 4 is 11.6 Å². The Morgan fingerprint density at radius 3 is 2.84 bits per heavy atom. The van der Waals surface area contributed by atoms with Crippen molar-refractivity contribution in [2.45, 2.75) is 19.4 Å². The Morgan fingerprint density at radius 1 is 1.47 bits per heavy atom. The molecule has 0 aliphatic heterocycles. The molecular formula is C12H15ClFN5. The molecule has 1 aromatic carbocycles. The number of hydrogen-bond donors (Lipinski definition) is 1. The van der Waals surface area contributed by atoms with E-state index in [4.69, 9.17) is 11.6 Å². The number of nitrogens with zero attached hydrogens (tertiary/aromatic N) is 4. The second-order valence-electron chi connectivity index (χ2n) is 4.18. The average molecular weight is 284 g/mol. The Kier molecular flexibility index (Phi) is 4.44. The number of aromatic nitrogens is 4. The minimum atomic E-state index is -0.346. The maximum Gasteiger partial charge on any atom is 0.176 e. The van der Waals surface area contributed by atoms with Crippen molar-refractivity contribution in [1.29, 1.82) is 0 Å². The van der Waals surface area contributed by atoms with Crippen LogP contribution < -0.4 is 5.32 Å². The zero-order valence-electron chi connectivity index (χ0n) is 10.8. The van der Waals surface area contributed by atoms with Gasteiger partial charge in [-0.15, -0.1) is 10.2 Å². The molecule has 0 bridgehead atoms. The van der Waals surface area contributed by atoms with Crippen LogP contribution in [0.4, 0.5) is 4.39 Å². The van der Waals surface area contributed by atoms with E-state index < -0.39 is 0 Å². The highest BCUT2D eigenvalue weighted by Crippen LogP contribution is 2.25. The number of nitrogens with one attached hydrogen (secondary N) is 1. The summed E-state index contributed by atoms with van der Waals surface area (Å²) in [5, 5.41) is 15.6. The number of tetrazole rings is 1. The summed E-state index contributed by atoms with van der Waals surface area (Å²) in [6.45, 7) is 2.76. The molecule has 0 aliphatic rings. The lowest BCUT2D eigenvalue weighted by molar-refractivity contribution is 0.533. The number of hydrogen-bond acceptors (Lipinski definition) is 4. The number of benzene rings is 1. The van der Waals surface area contributed by atoms with Gasteiger partial charge in [-0.2, -0.15) is 4.80 Å². The average Bonchev–Trinajstić information content (AvgIpc) is 2.74. The van der Waals surface area contributed by atoms with Crippen LogP contribution in [0.2, 0.25) is 5.02 Å². The van der Waals surface area contributed by atoms with Crippen LogP contribution in [-0.2, 0) is 13.5 Å². The quantitative estimate of drug-likeness (QED) is 0.910. The topological polar surface area (TPSA) is 55.6 Å². The van der Waals surface area contributed by atoms with Crippen LogP contribution in [0.25, 0.3) is 0 Å². The first-order valence-corrected chi connectivity index (χ1v) is 6.39. The molecule has 0 amide bonds. The normalized spacial score (nSPS) is 12.6. The van der Waals surface area contributed by atoms with Crippen molar-refractivity contribution < 1.29 is 4.39 Å². The molecule has 0 radical (unpaired) electrons. The molecular weight excluding hydrogens is 269 g/mol. The molecule has 1 aromatic heterocycles. The highest BCUT2D eigenvalue weighted by atomic mass is 35.5. The second kappa shape index (κ2) is 6.08. The van der Waals surface area contributed by atoms with Crippen LogP contribution in [-0.4, -0.2) is 26.8 Å². The molecule has 19 heavy (non-hydrogen) atoms. The third-order valence-electron chi connectivity index (χ3n) is 2.72. The van der Waals surface area contributed by atoms with Gasteiger partial charge in [-0.05, 0) is 29.5 Å². The minimum Gasteiger partial charge on any atom is -0.310 e. The molecule has 7 heteroatoms. The van der Waals surface area contributed by atoms with E-state index in [1.54, 1.807) is 13.1 Å². The number of rotatable bonds is 5. The van der Waals surface area contributed by atoms with Crippen molar-refractivity contribution in [2.24, 2.45) is 7.05 Å². The van der Waals surface area contributed by atoms with Gasteiger partial charge < -0.3 is 5.32 Å². The Bertz CT molecular complexity index is 557. The molecule has 1 unspecified atom stereocenters. The fraction of sp³-hybridized carbons (Fsp3) is 0.417. The maximum atomic E-state index is 13.1. The van der Waals surface area contributed by atoms with Gasteiger partial charge in [0.2, 0.25) is 0 Å². The minimum absolute atomic E-state index is 0.0673. The van der Waals surface area contributed by atoms with Crippen molar-refractivity contribution in [2.75, 3.05) is 6.54 Å². The Hall–Kier alpha value is -1.53. The predicted octanol–water partition coefficient (Wildman–Crippen LogP) is 1.90. The van der Waals surface area contributed by atoms with Crippen LogP contribution in [0.1, 0.15) is 24.4 Å². The number of aryl methyl sites for hydroxylation is 1. The zero-order valence-corrected chi connectivity index (χ0v) is 11.5. The summed E-state index contributed by atoms with van der Waals surface area (Å²) in [6.07, 6.45) is 0.549. The molecule has 0 aliphatic carbocycles. The van der Waals surface area contributed by atoms with Gasteiger partial charge in [-0.3, -0.25) is 0 Å². The SMILES string of the molecule is CCNC(Cc1nnn(C)n1)c1ccc(F)cc1Cl. The summed E-state index contributed by atoms with van der Waals surface area (Å²) >= 11 is 6.09. The van der Waals surface area contributed by atoms with Crippen molar-refractivity contribution in [3.05, 3.63) is 40.4 Å². The molecule has 0 fully saturated rings. The monoisotopic (exact) mass is 283 g/mol. The fourth-order valence-electron chi connectivity index (χ4n) is 1.91. The van der Waals surface area contributed by atoms with Gasteiger partial charge >= 0.3 is 0 Å². The van der Waals surface area contributed by atoms with Crippen molar-refractivity contribution in [3.63, 3.8) is 0 Å². The summed E-state index contributed by atoms with van der Waals surface area (Å²) in [4.78, 5) is 1.41. The summed E-state index contributed by atoms with van der Waals surface area (Å²) in [5.74, 6) is 0.274. The maximum absolute atomic E-state index is 13.1. The smallest absolute Gasteiger partial charge is 0.176 e. The standard InChI is InChI=1S/C12H15ClFN5/c1-3-15-11(7-12-16-18-19(2)17-12)9-5-4-8(14)6-10(9)13/h4-6,11,15H,3,7H2,1-2H3. The zero-order chi connectivity index (χ0) is 13.8. The van der Waals surface area contributed by atoms with Crippen LogP contribution >= 0.6 is 11.6 Å². The Morgan fingerprint density at radius 2 is 2.26 bits per heavy atom. The van der Waals surface area contributed by atoms with Crippen molar-refractivity contribution in [3.8, 4) is 0 Å². The lowest BCUT2D eigenvalue weighted by Crippen LogP contribution is -2.24. The molecule has 0 saturated heterocycles. The molecule has 2 aromatic rings. The summed E-state index contributed by atoms with van der Waals surface area (Å²) in [6, 6.07) is 4.32. The summed E-state index contributed by atoms with van der Waals surface area (Å²) in [5.41, 5.74) is 0.831. The van der Waals surface area contributed by atoms with Crippen LogP contribution in [0.15, 0.2) is 18.2 Å². The van der Waals surface area contributed by atoms with Crippen LogP contribution in [0, 0.1) is 5.82 Å². The number of halogens is 2. The first-order chi connectivity index (χ1) is 9.10. The molecule has 102 valence electrons. The molecule has 1 atom stereocenters. The molecule has 0 saturated carbocycles. The van der Waals surface area contributed by atoms with E-state index in [0.717, 1.165) is 12.1 Å². The van der Waals surface area contributed by atoms with Gasteiger partial charge in [0.25, 0.3) is 0 Å². The molecule has 1 N–H and O–H groups in total. The first-order valence-electron chi connectivity index (χ1n) is 6.01. The molecule has 1 heterocycles. The van der Waals surface area contributed by atoms with E-state index in [1.165, 1.54) is 16.9 Å². The van der Waals surface area contributed by atoms with Gasteiger partial charge in [0, 0.05) is 17.5 Å². The van der Waals surface area contributed by atoms with E-state index in [2.05, 4.69) is 20.7 Å². The molecule has 2 rings (SSSR count).